The van der Waals surface area contributed by atoms with Crippen molar-refractivity contribution >= 4 is 0 Å². The van der Waals surface area contributed by atoms with Crippen LogP contribution in [0.4, 0.5) is 0 Å². The van der Waals surface area contributed by atoms with Crippen LogP contribution in [0.1, 0.15) is 80.2 Å². The van der Waals surface area contributed by atoms with Gasteiger partial charge in [0.1, 0.15) is 0 Å². The molecule has 1 unspecified atom stereocenters. The fourth-order valence-electron chi connectivity index (χ4n) is 3.84. The van der Waals surface area contributed by atoms with Gasteiger partial charge in [-0.05, 0) is 67.7 Å². The van der Waals surface area contributed by atoms with E-state index in [1.54, 1.807) is 0 Å². The van der Waals surface area contributed by atoms with Crippen molar-refractivity contribution in [2.24, 2.45) is 11.8 Å². The molecule has 1 saturated carbocycles. The van der Waals surface area contributed by atoms with E-state index in [1.807, 2.05) is 0 Å². The highest BCUT2D eigenvalue weighted by molar-refractivity contribution is 5.37. The first-order valence-electron chi connectivity index (χ1n) is 8.78. The minimum absolute atomic E-state index is 0.267. The van der Waals surface area contributed by atoms with Crippen LogP contribution in [0.5, 0.6) is 0 Å². The molecule has 1 aliphatic rings. The predicted octanol–water partition coefficient (Wildman–Crippen LogP) is 5.64. The fraction of sp³-hybridized carbons (Fsp3) is 0.700. The van der Waals surface area contributed by atoms with Crippen LogP contribution in [-0.2, 0) is 0 Å². The molecule has 1 aromatic rings. The van der Waals surface area contributed by atoms with Crippen molar-refractivity contribution in [2.45, 2.75) is 78.7 Å². The molecule has 1 nitrogen and oxygen atoms in total. The molecule has 1 aromatic carbocycles. The van der Waals surface area contributed by atoms with Crippen molar-refractivity contribution < 1.29 is 5.11 Å². The van der Waals surface area contributed by atoms with E-state index in [0.717, 1.165) is 11.5 Å². The van der Waals surface area contributed by atoms with Crippen LogP contribution in [0.25, 0.3) is 0 Å². The Morgan fingerprint density at radius 3 is 2.24 bits per heavy atom. The molecule has 1 fully saturated rings. The molecule has 0 amide bonds. The average molecular weight is 288 g/mol. The molecule has 0 radical (unpaired) electrons. The van der Waals surface area contributed by atoms with Crippen LogP contribution >= 0.6 is 0 Å². The molecule has 0 bridgehead atoms. The third-order valence-electron chi connectivity index (χ3n) is 5.50. The molecule has 0 aliphatic heterocycles. The Balaban J connectivity index is 1.99. The molecule has 0 aromatic heterocycles. The average Bonchev–Trinajstić information content (AvgIpc) is 2.48. The summed E-state index contributed by atoms with van der Waals surface area (Å²) in [5.41, 5.74) is 5.03. The van der Waals surface area contributed by atoms with Crippen LogP contribution in [0.15, 0.2) is 12.1 Å². The summed E-state index contributed by atoms with van der Waals surface area (Å²) >= 11 is 0. The quantitative estimate of drug-likeness (QED) is 0.743. The summed E-state index contributed by atoms with van der Waals surface area (Å²) in [4.78, 5) is 0. The normalized spacial score (nSPS) is 24.0. The molecule has 0 heterocycles. The number of aliphatic hydroxyl groups is 1. The smallest absolute Gasteiger partial charge is 0.0820 e. The van der Waals surface area contributed by atoms with E-state index in [1.165, 1.54) is 61.6 Å². The first-order chi connectivity index (χ1) is 10.0. The van der Waals surface area contributed by atoms with Gasteiger partial charge < -0.3 is 5.11 Å². The van der Waals surface area contributed by atoms with Gasteiger partial charge in [-0.25, -0.2) is 0 Å². The highest BCUT2D eigenvalue weighted by atomic mass is 16.3. The summed E-state index contributed by atoms with van der Waals surface area (Å²) in [7, 11) is 0. The monoisotopic (exact) mass is 288 g/mol. The second-order valence-electron chi connectivity index (χ2n) is 7.16. The SMILES string of the molecule is CCCCC1CCC(C(O)c2cc(C)c(C)cc2C)CC1. The lowest BCUT2D eigenvalue weighted by Crippen LogP contribution is -2.21. The zero-order valence-electron chi connectivity index (χ0n) is 14.3. The van der Waals surface area contributed by atoms with E-state index < -0.39 is 0 Å². The van der Waals surface area contributed by atoms with Gasteiger partial charge in [0, 0.05) is 0 Å². The second kappa shape index (κ2) is 7.45. The maximum Gasteiger partial charge on any atom is 0.0820 e. The molecule has 118 valence electrons. The molecule has 1 heteroatoms. The topological polar surface area (TPSA) is 20.2 Å². The molecule has 0 spiro atoms. The van der Waals surface area contributed by atoms with Gasteiger partial charge in [0.05, 0.1) is 6.10 Å². The number of unbranched alkanes of at least 4 members (excludes halogenated alkanes) is 1. The van der Waals surface area contributed by atoms with Crippen molar-refractivity contribution in [1.82, 2.24) is 0 Å². The van der Waals surface area contributed by atoms with Gasteiger partial charge in [-0.1, -0.05) is 51.2 Å². The highest BCUT2D eigenvalue weighted by Crippen LogP contribution is 2.39. The fourth-order valence-corrected chi connectivity index (χ4v) is 3.84. The summed E-state index contributed by atoms with van der Waals surface area (Å²) in [6.07, 6.45) is 8.82. The van der Waals surface area contributed by atoms with Crippen molar-refractivity contribution in [3.05, 3.63) is 34.4 Å². The molecule has 0 saturated heterocycles. The number of hydrogen-bond donors (Lipinski definition) is 1. The summed E-state index contributed by atoms with van der Waals surface area (Å²) in [6.45, 7) is 8.71. The van der Waals surface area contributed by atoms with Crippen LogP contribution in [0.3, 0.4) is 0 Å². The summed E-state index contributed by atoms with van der Waals surface area (Å²) in [6, 6.07) is 4.43. The number of hydrogen-bond acceptors (Lipinski definition) is 1. The minimum atomic E-state index is -0.267. The Labute approximate surface area is 130 Å². The zero-order valence-corrected chi connectivity index (χ0v) is 14.3. The Hall–Kier alpha value is -0.820. The van der Waals surface area contributed by atoms with Crippen molar-refractivity contribution in [3.63, 3.8) is 0 Å². The number of aryl methyl sites for hydroxylation is 3. The van der Waals surface area contributed by atoms with Crippen LogP contribution in [0.2, 0.25) is 0 Å². The lowest BCUT2D eigenvalue weighted by atomic mass is 9.75. The maximum absolute atomic E-state index is 10.8. The van der Waals surface area contributed by atoms with E-state index in [4.69, 9.17) is 0 Å². The molecule has 1 aliphatic carbocycles. The zero-order chi connectivity index (χ0) is 15.4. The van der Waals surface area contributed by atoms with E-state index in [9.17, 15) is 5.11 Å². The van der Waals surface area contributed by atoms with Gasteiger partial charge in [0.25, 0.3) is 0 Å². The van der Waals surface area contributed by atoms with E-state index in [0.29, 0.717) is 5.92 Å². The van der Waals surface area contributed by atoms with Crippen LogP contribution in [-0.4, -0.2) is 5.11 Å². The van der Waals surface area contributed by atoms with Gasteiger partial charge >= 0.3 is 0 Å². The third kappa shape index (κ3) is 4.10. The highest BCUT2D eigenvalue weighted by Gasteiger charge is 2.28. The molecule has 1 atom stereocenters. The first kappa shape index (κ1) is 16.5. The minimum Gasteiger partial charge on any atom is -0.388 e. The van der Waals surface area contributed by atoms with E-state index >= 15 is 0 Å². The predicted molar refractivity (Wildman–Crippen MR) is 90.6 cm³/mol. The third-order valence-corrected chi connectivity index (χ3v) is 5.50. The summed E-state index contributed by atoms with van der Waals surface area (Å²) in [5.74, 6) is 1.37. The molecular weight excluding hydrogens is 256 g/mol. The van der Waals surface area contributed by atoms with Crippen molar-refractivity contribution in [3.8, 4) is 0 Å². The number of benzene rings is 1. The Morgan fingerprint density at radius 1 is 1.00 bits per heavy atom. The summed E-state index contributed by atoms with van der Waals surface area (Å²) in [5, 5.41) is 10.8. The second-order valence-corrected chi connectivity index (χ2v) is 7.16. The van der Waals surface area contributed by atoms with Gasteiger partial charge in [-0.15, -0.1) is 0 Å². The Kier molecular flexibility index (Phi) is 5.87. The van der Waals surface area contributed by atoms with E-state index in [2.05, 4.69) is 39.8 Å². The van der Waals surface area contributed by atoms with Gasteiger partial charge in [-0.3, -0.25) is 0 Å². The molecule has 2 rings (SSSR count). The number of rotatable bonds is 5. The Bertz CT molecular complexity index is 455. The number of aliphatic hydroxyl groups excluding tert-OH is 1. The lowest BCUT2D eigenvalue weighted by Gasteiger charge is -2.32. The summed E-state index contributed by atoms with van der Waals surface area (Å²) < 4.78 is 0. The Morgan fingerprint density at radius 2 is 1.62 bits per heavy atom. The van der Waals surface area contributed by atoms with Crippen molar-refractivity contribution in [1.29, 1.82) is 0 Å². The van der Waals surface area contributed by atoms with Crippen molar-refractivity contribution in [2.75, 3.05) is 0 Å². The molecule has 1 N–H and O–H groups in total. The largest absolute Gasteiger partial charge is 0.388 e. The van der Waals surface area contributed by atoms with E-state index in [-0.39, 0.29) is 6.10 Å². The lowest BCUT2D eigenvalue weighted by molar-refractivity contribution is 0.0715. The molecular formula is C20H32O. The standard InChI is InChI=1S/C20H32O/c1-5-6-7-17-8-10-18(11-9-17)20(21)19-13-15(3)14(2)12-16(19)4/h12-13,17-18,20-21H,5-11H2,1-4H3. The van der Waals surface area contributed by atoms with Crippen LogP contribution < -0.4 is 0 Å². The van der Waals surface area contributed by atoms with Gasteiger partial charge in [0.15, 0.2) is 0 Å². The maximum atomic E-state index is 10.8. The van der Waals surface area contributed by atoms with Gasteiger partial charge in [0.2, 0.25) is 0 Å². The molecule has 21 heavy (non-hydrogen) atoms. The first-order valence-corrected chi connectivity index (χ1v) is 8.78. The van der Waals surface area contributed by atoms with Gasteiger partial charge in [-0.2, -0.15) is 0 Å². The van der Waals surface area contributed by atoms with Crippen LogP contribution in [0, 0.1) is 32.6 Å².